The van der Waals surface area contributed by atoms with Crippen LogP contribution in [0.15, 0.2) is 18.2 Å². The number of anilines is 1. The summed E-state index contributed by atoms with van der Waals surface area (Å²) in [5.74, 6) is 0. The Bertz CT molecular complexity index is 442. The summed E-state index contributed by atoms with van der Waals surface area (Å²) in [5, 5.41) is 12.4. The highest BCUT2D eigenvalue weighted by Gasteiger charge is 2.29. The van der Waals surface area contributed by atoms with Gasteiger partial charge in [0.2, 0.25) is 0 Å². The highest BCUT2D eigenvalue weighted by molar-refractivity contribution is 5.58. The third-order valence-corrected chi connectivity index (χ3v) is 3.25. The van der Waals surface area contributed by atoms with E-state index in [1.165, 1.54) is 0 Å². The number of rotatable bonds is 3. The predicted octanol–water partition coefficient (Wildman–Crippen LogP) is 2.85. The van der Waals surface area contributed by atoms with Crippen molar-refractivity contribution in [3.63, 3.8) is 0 Å². The predicted molar refractivity (Wildman–Crippen MR) is 68.0 cm³/mol. The topological polar surface area (TPSA) is 45.0 Å². The van der Waals surface area contributed by atoms with Gasteiger partial charge in [-0.25, -0.2) is 0 Å². The van der Waals surface area contributed by atoms with Gasteiger partial charge < -0.3 is 10.1 Å². The van der Waals surface area contributed by atoms with Gasteiger partial charge in [-0.05, 0) is 44.4 Å². The standard InChI is InChI=1S/C14H18N2O/c1-11-4-5-13(12(8-11)9-15)16-10-14(2)6-3-7-17-14/h4-5,8,16H,3,6-7,10H2,1-2H3. The molecule has 1 unspecified atom stereocenters. The van der Waals surface area contributed by atoms with Crippen LogP contribution in [0.25, 0.3) is 0 Å². The Morgan fingerprint density at radius 1 is 1.53 bits per heavy atom. The van der Waals surface area contributed by atoms with E-state index in [1.807, 2.05) is 25.1 Å². The molecule has 1 fully saturated rings. The number of aryl methyl sites for hydroxylation is 1. The summed E-state index contributed by atoms with van der Waals surface area (Å²) < 4.78 is 5.71. The fourth-order valence-electron chi connectivity index (χ4n) is 2.16. The molecule has 0 bridgehead atoms. The minimum Gasteiger partial charge on any atom is -0.381 e. The zero-order chi connectivity index (χ0) is 12.3. The van der Waals surface area contributed by atoms with Gasteiger partial charge >= 0.3 is 0 Å². The summed E-state index contributed by atoms with van der Waals surface area (Å²) >= 11 is 0. The average Bonchev–Trinajstić information content (AvgIpc) is 2.75. The summed E-state index contributed by atoms with van der Waals surface area (Å²) in [4.78, 5) is 0. The van der Waals surface area contributed by atoms with Crippen LogP contribution in [0, 0.1) is 18.3 Å². The van der Waals surface area contributed by atoms with Crippen molar-refractivity contribution < 1.29 is 4.74 Å². The van der Waals surface area contributed by atoms with Crippen LogP contribution >= 0.6 is 0 Å². The van der Waals surface area contributed by atoms with E-state index in [1.54, 1.807) is 0 Å². The normalized spacial score (nSPS) is 23.4. The first-order chi connectivity index (χ1) is 8.13. The van der Waals surface area contributed by atoms with Gasteiger partial charge in [0.1, 0.15) is 6.07 Å². The molecule has 1 heterocycles. The summed E-state index contributed by atoms with van der Waals surface area (Å²) in [6, 6.07) is 8.10. The van der Waals surface area contributed by atoms with Crippen LogP contribution in [0.3, 0.4) is 0 Å². The van der Waals surface area contributed by atoms with Gasteiger partial charge in [0.05, 0.1) is 16.9 Å². The fourth-order valence-corrected chi connectivity index (χ4v) is 2.16. The molecule has 0 spiro atoms. The van der Waals surface area contributed by atoms with Crippen molar-refractivity contribution in [3.05, 3.63) is 29.3 Å². The van der Waals surface area contributed by atoms with E-state index >= 15 is 0 Å². The van der Waals surface area contributed by atoms with Crippen LogP contribution in [-0.4, -0.2) is 18.8 Å². The molecule has 1 aromatic rings. The van der Waals surface area contributed by atoms with Gasteiger partial charge in [-0.1, -0.05) is 6.07 Å². The van der Waals surface area contributed by atoms with Gasteiger partial charge in [0.25, 0.3) is 0 Å². The second kappa shape index (κ2) is 4.77. The molecule has 1 aliphatic heterocycles. The summed E-state index contributed by atoms with van der Waals surface area (Å²) in [7, 11) is 0. The fraction of sp³-hybridized carbons (Fsp3) is 0.500. The lowest BCUT2D eigenvalue weighted by atomic mass is 10.0. The molecular weight excluding hydrogens is 212 g/mol. The lowest BCUT2D eigenvalue weighted by Gasteiger charge is -2.24. The first-order valence-electron chi connectivity index (χ1n) is 6.02. The Hall–Kier alpha value is -1.53. The first-order valence-corrected chi connectivity index (χ1v) is 6.02. The van der Waals surface area contributed by atoms with E-state index in [2.05, 4.69) is 18.3 Å². The Kier molecular flexibility index (Phi) is 3.35. The van der Waals surface area contributed by atoms with E-state index in [-0.39, 0.29) is 5.60 Å². The van der Waals surface area contributed by atoms with Gasteiger partial charge in [0.15, 0.2) is 0 Å². The van der Waals surface area contributed by atoms with Gasteiger partial charge in [0, 0.05) is 13.2 Å². The van der Waals surface area contributed by atoms with Crippen LogP contribution in [0.2, 0.25) is 0 Å². The van der Waals surface area contributed by atoms with E-state index in [4.69, 9.17) is 10.00 Å². The number of nitriles is 1. The molecule has 17 heavy (non-hydrogen) atoms. The molecular formula is C14H18N2O. The average molecular weight is 230 g/mol. The van der Waals surface area contributed by atoms with Crippen molar-refractivity contribution in [2.45, 2.75) is 32.3 Å². The van der Waals surface area contributed by atoms with Crippen molar-refractivity contribution in [1.29, 1.82) is 5.26 Å². The molecule has 3 heteroatoms. The van der Waals surface area contributed by atoms with E-state index in [9.17, 15) is 0 Å². The molecule has 0 amide bonds. The minimum atomic E-state index is -0.0857. The Morgan fingerprint density at radius 3 is 3.00 bits per heavy atom. The second-order valence-corrected chi connectivity index (χ2v) is 4.92. The van der Waals surface area contributed by atoms with Crippen molar-refractivity contribution in [3.8, 4) is 6.07 Å². The highest BCUT2D eigenvalue weighted by Crippen LogP contribution is 2.26. The minimum absolute atomic E-state index is 0.0857. The molecule has 0 aromatic heterocycles. The second-order valence-electron chi connectivity index (χ2n) is 4.92. The van der Waals surface area contributed by atoms with Crippen molar-refractivity contribution in [1.82, 2.24) is 0 Å². The molecule has 0 radical (unpaired) electrons. The molecule has 1 aliphatic rings. The maximum atomic E-state index is 9.08. The molecule has 0 aliphatic carbocycles. The Morgan fingerprint density at radius 2 is 2.35 bits per heavy atom. The Labute approximate surface area is 102 Å². The molecule has 1 aromatic carbocycles. The number of benzene rings is 1. The van der Waals surface area contributed by atoms with Crippen LogP contribution in [0.4, 0.5) is 5.69 Å². The first kappa shape index (κ1) is 11.9. The molecule has 2 rings (SSSR count). The van der Waals surface area contributed by atoms with Crippen LogP contribution < -0.4 is 5.32 Å². The molecule has 0 saturated carbocycles. The van der Waals surface area contributed by atoms with Crippen molar-refractivity contribution in [2.24, 2.45) is 0 Å². The van der Waals surface area contributed by atoms with Crippen molar-refractivity contribution in [2.75, 3.05) is 18.5 Å². The smallest absolute Gasteiger partial charge is 0.101 e. The highest BCUT2D eigenvalue weighted by atomic mass is 16.5. The third-order valence-electron chi connectivity index (χ3n) is 3.25. The summed E-state index contributed by atoms with van der Waals surface area (Å²) in [6.45, 7) is 5.71. The maximum Gasteiger partial charge on any atom is 0.101 e. The zero-order valence-corrected chi connectivity index (χ0v) is 10.4. The van der Waals surface area contributed by atoms with Crippen LogP contribution in [0.5, 0.6) is 0 Å². The monoisotopic (exact) mass is 230 g/mol. The zero-order valence-electron chi connectivity index (χ0n) is 10.4. The number of nitrogens with one attached hydrogen (secondary N) is 1. The molecule has 1 atom stereocenters. The van der Waals surface area contributed by atoms with Gasteiger partial charge in [-0.2, -0.15) is 5.26 Å². The van der Waals surface area contributed by atoms with E-state index in [0.717, 1.165) is 37.2 Å². The number of nitrogens with zero attached hydrogens (tertiary/aromatic N) is 1. The van der Waals surface area contributed by atoms with Gasteiger partial charge in [-0.3, -0.25) is 0 Å². The third kappa shape index (κ3) is 2.78. The maximum absolute atomic E-state index is 9.08. The molecule has 3 nitrogen and oxygen atoms in total. The SMILES string of the molecule is Cc1ccc(NCC2(C)CCCO2)c(C#N)c1. The van der Waals surface area contributed by atoms with Crippen molar-refractivity contribution >= 4 is 5.69 Å². The lowest BCUT2D eigenvalue weighted by Crippen LogP contribution is -2.32. The summed E-state index contributed by atoms with van der Waals surface area (Å²) in [5.41, 5.74) is 2.62. The molecule has 1 saturated heterocycles. The van der Waals surface area contributed by atoms with E-state index in [0.29, 0.717) is 5.56 Å². The number of ether oxygens (including phenoxy) is 1. The molecule has 90 valence electrons. The largest absolute Gasteiger partial charge is 0.381 e. The quantitative estimate of drug-likeness (QED) is 0.868. The van der Waals surface area contributed by atoms with E-state index < -0.39 is 0 Å². The van der Waals surface area contributed by atoms with Crippen LogP contribution in [-0.2, 0) is 4.74 Å². The van der Waals surface area contributed by atoms with Gasteiger partial charge in [-0.15, -0.1) is 0 Å². The Balaban J connectivity index is 2.06. The number of hydrogen-bond acceptors (Lipinski definition) is 3. The molecule has 1 N–H and O–H groups in total. The summed E-state index contributed by atoms with van der Waals surface area (Å²) in [6.07, 6.45) is 2.20. The number of hydrogen-bond donors (Lipinski definition) is 1. The van der Waals surface area contributed by atoms with Crippen LogP contribution in [0.1, 0.15) is 30.9 Å². The lowest BCUT2D eigenvalue weighted by molar-refractivity contribution is 0.0315.